The van der Waals surface area contributed by atoms with Gasteiger partial charge in [0.1, 0.15) is 18.3 Å². The first-order valence-electron chi connectivity index (χ1n) is 6.76. The summed E-state index contributed by atoms with van der Waals surface area (Å²) in [6.07, 6.45) is -5.22. The third-order valence-electron chi connectivity index (χ3n) is 3.60. The molecule has 2 aromatic rings. The Morgan fingerprint density at radius 3 is 2.63 bits per heavy atom. The zero-order chi connectivity index (χ0) is 18.5. The number of nitrogens with zero attached hydrogens (tertiary/aromatic N) is 3. The van der Waals surface area contributed by atoms with Crippen LogP contribution in [0.2, 0.25) is 0 Å². The molecule has 5 N–H and O–H groups in total. The fourth-order valence-electron chi connectivity index (χ4n) is 2.52. The molecule has 138 valence electrons. The van der Waals surface area contributed by atoms with Crippen LogP contribution in [0.15, 0.2) is 11.1 Å². The van der Waals surface area contributed by atoms with Crippen LogP contribution in [-0.2, 0) is 13.8 Å². The first-order valence-corrected chi connectivity index (χ1v) is 8.22. The minimum absolute atomic E-state index is 0. The molecule has 0 bridgehead atoms. The average Bonchev–Trinajstić information content (AvgIpc) is 2.95. The van der Waals surface area contributed by atoms with E-state index in [1.807, 2.05) is 0 Å². The van der Waals surface area contributed by atoms with Crippen molar-refractivity contribution in [3.63, 3.8) is 0 Å². The van der Waals surface area contributed by atoms with Crippen LogP contribution in [0.5, 0.6) is 0 Å². The predicted octanol–water partition coefficient (Wildman–Crippen LogP) is -10.6. The van der Waals surface area contributed by atoms with Gasteiger partial charge in [0.15, 0.2) is 0 Å². The van der Waals surface area contributed by atoms with E-state index in [1.165, 1.54) is 0 Å². The molecule has 1 saturated heterocycles. The number of aromatic nitrogens is 4. The maximum absolute atomic E-state index is 11.9. The number of hydrogen-bond donors (Lipinski definition) is 4. The minimum Gasteiger partial charge on any atom is -0.790 e. The van der Waals surface area contributed by atoms with Crippen molar-refractivity contribution in [2.75, 3.05) is 12.3 Å². The molecule has 17 heteroatoms. The topological polar surface area (TPSA) is 226 Å². The predicted molar refractivity (Wildman–Crippen MR) is 73.2 cm³/mol. The third kappa shape index (κ3) is 5.11. The summed E-state index contributed by atoms with van der Waals surface area (Å²) in [6, 6.07) is 0. The Hall–Kier alpha value is -0.0600. The summed E-state index contributed by atoms with van der Waals surface area (Å²) in [5.41, 5.74) is 3.95. The van der Waals surface area contributed by atoms with Crippen molar-refractivity contribution in [2.24, 2.45) is 0 Å². The number of nitrogens with one attached hydrogen (secondary N) is 1. The first kappa shape index (κ1) is 25.0. The number of anilines is 1. The summed E-state index contributed by atoms with van der Waals surface area (Å²) in [7, 11) is -5.31. The molecule has 2 aromatic heterocycles. The average molecular weight is 423 g/mol. The van der Waals surface area contributed by atoms with Gasteiger partial charge in [0.05, 0.1) is 14.4 Å². The number of aromatic amines is 1. The van der Waals surface area contributed by atoms with Gasteiger partial charge in [-0.05, 0) is 0 Å². The minimum atomic E-state index is -5.31. The first-order chi connectivity index (χ1) is 11.6. The van der Waals surface area contributed by atoms with Crippen molar-refractivity contribution in [3.05, 3.63) is 21.9 Å². The number of aliphatic hydroxyl groups excluding tert-OH is 2. The summed E-state index contributed by atoms with van der Waals surface area (Å²) >= 11 is 0. The molecular weight excluding hydrogens is 411 g/mol. The largest absolute Gasteiger partial charge is 1.00 e. The standard InChI is InChI=1S/C10H14N5O9P.2Na/c11-10-12-7-4(8(18)13-10)15(19)2-14(7)9-6(17)5(16)3(24-9)1-23-25(20,21)22;;/h2-3,5-6,9,16-17H,1H2,(H2,20,21,22)(H3,11,12,13,18);;/q;2*+1/p-2/t3-,5-,6-,9-;;/m1../s1. The molecule has 1 fully saturated rings. The van der Waals surface area contributed by atoms with Gasteiger partial charge in [-0.3, -0.25) is 9.78 Å². The number of imidazole rings is 1. The molecule has 0 spiro atoms. The Bertz CT molecular complexity index is 916. The van der Waals surface area contributed by atoms with Crippen molar-refractivity contribution in [3.8, 4) is 0 Å². The number of H-pyrrole nitrogens is 1. The van der Waals surface area contributed by atoms with E-state index < -0.39 is 50.0 Å². The van der Waals surface area contributed by atoms with Gasteiger partial charge < -0.3 is 44.8 Å². The SMILES string of the molecule is Nc1nc2c(c(=O)[nH]1)[n+]([O-])cn2[C@@H]1O[C@H](COP(=O)([O-])[O-])[C@@H](O)[C@H]1O.[Na+].[Na+]. The van der Waals surface area contributed by atoms with Gasteiger partial charge in [0.25, 0.3) is 17.5 Å². The molecule has 0 aliphatic carbocycles. The zero-order valence-electron chi connectivity index (χ0n) is 14.2. The van der Waals surface area contributed by atoms with E-state index in [0.717, 1.165) is 10.9 Å². The smallest absolute Gasteiger partial charge is 0.790 e. The fraction of sp³-hybridized carbons (Fsp3) is 0.500. The molecule has 1 aliphatic heterocycles. The molecule has 1 aliphatic rings. The monoisotopic (exact) mass is 423 g/mol. The van der Waals surface area contributed by atoms with E-state index >= 15 is 0 Å². The summed E-state index contributed by atoms with van der Waals surface area (Å²) < 4.78 is 20.9. The number of phosphoric acid groups is 1. The number of hydrogen-bond acceptors (Lipinski definition) is 11. The normalized spacial score (nSPS) is 25.2. The molecule has 3 heterocycles. The number of fused-ring (bicyclic) bond motifs is 1. The molecule has 3 rings (SSSR count). The van der Waals surface area contributed by atoms with Crippen molar-refractivity contribution in [1.29, 1.82) is 0 Å². The molecule has 27 heavy (non-hydrogen) atoms. The Labute approximate surface area is 194 Å². The van der Waals surface area contributed by atoms with E-state index in [1.54, 1.807) is 0 Å². The molecule has 0 amide bonds. The van der Waals surface area contributed by atoms with Crippen LogP contribution >= 0.6 is 7.82 Å². The third-order valence-corrected chi connectivity index (χ3v) is 4.06. The van der Waals surface area contributed by atoms with Crippen LogP contribution in [0.25, 0.3) is 11.2 Å². The van der Waals surface area contributed by atoms with E-state index in [-0.39, 0.29) is 75.4 Å². The van der Waals surface area contributed by atoms with Crippen molar-refractivity contribution < 1.29 is 97.7 Å². The summed E-state index contributed by atoms with van der Waals surface area (Å²) in [4.78, 5) is 38.7. The second kappa shape index (κ2) is 9.17. The van der Waals surface area contributed by atoms with Crippen LogP contribution < -0.4 is 84.9 Å². The van der Waals surface area contributed by atoms with Gasteiger partial charge in [0, 0.05) is 0 Å². The second-order valence-corrected chi connectivity index (χ2v) is 6.41. The summed E-state index contributed by atoms with van der Waals surface area (Å²) in [5.74, 6) is -0.302. The number of nitrogens with two attached hydrogens (primary N) is 1. The van der Waals surface area contributed by atoms with Gasteiger partial charge in [-0.25, -0.2) is 4.73 Å². The van der Waals surface area contributed by atoms with Gasteiger partial charge in [-0.15, -0.1) is 0 Å². The van der Waals surface area contributed by atoms with Crippen LogP contribution in [-0.4, -0.2) is 49.7 Å². The molecule has 4 atom stereocenters. The number of aliphatic hydroxyl groups is 2. The van der Waals surface area contributed by atoms with E-state index in [9.17, 15) is 34.6 Å². The molecule has 0 radical (unpaired) electrons. The van der Waals surface area contributed by atoms with E-state index in [0.29, 0.717) is 0 Å². The van der Waals surface area contributed by atoms with E-state index in [4.69, 9.17) is 10.5 Å². The number of nitrogen functional groups attached to an aromatic ring is 1. The summed E-state index contributed by atoms with van der Waals surface area (Å²) in [5, 5.41) is 31.9. The molecule has 0 unspecified atom stereocenters. The van der Waals surface area contributed by atoms with Crippen LogP contribution in [0.4, 0.5) is 5.95 Å². The van der Waals surface area contributed by atoms with Crippen molar-refractivity contribution in [2.45, 2.75) is 24.5 Å². The quantitative estimate of drug-likeness (QED) is 0.156. The number of rotatable bonds is 4. The van der Waals surface area contributed by atoms with Crippen LogP contribution in [0, 0.1) is 5.21 Å². The Balaban J connectivity index is 0.00000182. The molecular formula is C10H12N5Na2O9P. The molecule has 14 nitrogen and oxygen atoms in total. The van der Waals surface area contributed by atoms with Gasteiger partial charge in [-0.1, -0.05) is 0 Å². The number of ether oxygens (including phenoxy) is 1. The van der Waals surface area contributed by atoms with Crippen LogP contribution in [0.1, 0.15) is 6.23 Å². The maximum Gasteiger partial charge on any atom is 1.00 e. The maximum atomic E-state index is 11.9. The van der Waals surface area contributed by atoms with Crippen LogP contribution in [0.3, 0.4) is 0 Å². The number of phosphoric ester groups is 1. The molecule has 0 saturated carbocycles. The van der Waals surface area contributed by atoms with Crippen molar-refractivity contribution in [1.82, 2.24) is 14.5 Å². The van der Waals surface area contributed by atoms with Gasteiger partial charge in [0.2, 0.25) is 12.2 Å². The Morgan fingerprint density at radius 1 is 1.41 bits per heavy atom. The Kier molecular flexibility index (Phi) is 8.49. The van der Waals surface area contributed by atoms with Gasteiger partial charge >= 0.3 is 64.7 Å². The zero-order valence-corrected chi connectivity index (χ0v) is 19.1. The van der Waals surface area contributed by atoms with E-state index in [2.05, 4.69) is 14.5 Å². The summed E-state index contributed by atoms with van der Waals surface area (Å²) in [6.45, 7) is -0.842. The van der Waals surface area contributed by atoms with Crippen molar-refractivity contribution >= 4 is 24.9 Å². The fourth-order valence-corrected chi connectivity index (χ4v) is 2.85. The Morgan fingerprint density at radius 2 is 2.04 bits per heavy atom. The van der Waals surface area contributed by atoms with Gasteiger partial charge in [-0.2, -0.15) is 9.55 Å². The molecule has 0 aromatic carbocycles. The second-order valence-electron chi connectivity index (χ2n) is 5.26.